The molecule has 1 saturated heterocycles. The van der Waals surface area contributed by atoms with E-state index in [4.69, 9.17) is 11.6 Å². The van der Waals surface area contributed by atoms with Crippen LogP contribution in [-0.4, -0.2) is 35.5 Å². The molecule has 0 aliphatic carbocycles. The fraction of sp³-hybridized carbons (Fsp3) is 0.429. The molecule has 5 nitrogen and oxygen atoms in total. The third-order valence-electron chi connectivity index (χ3n) is 3.97. The Hall–Kier alpha value is -1.59. The highest BCUT2D eigenvalue weighted by Gasteiger charge is 2.32. The first kappa shape index (κ1) is 13.4. The summed E-state index contributed by atoms with van der Waals surface area (Å²) in [5.41, 5.74) is 0.990. The molecule has 0 radical (unpaired) electrons. The average molecular weight is 295 g/mol. The Kier molecular flexibility index (Phi) is 2.99. The van der Waals surface area contributed by atoms with Gasteiger partial charge in [0.25, 0.3) is 11.7 Å². The van der Waals surface area contributed by atoms with Crippen LogP contribution in [-0.2, 0) is 4.79 Å². The van der Waals surface area contributed by atoms with Gasteiger partial charge >= 0.3 is 0 Å². The van der Waals surface area contributed by atoms with E-state index in [1.54, 1.807) is 12.1 Å². The van der Waals surface area contributed by atoms with Crippen molar-refractivity contribution < 1.29 is 14.7 Å². The Morgan fingerprint density at radius 1 is 1.30 bits per heavy atom. The van der Waals surface area contributed by atoms with Gasteiger partial charge in [-0.05, 0) is 31.9 Å². The molecule has 0 unspecified atom stereocenters. The number of carbonyl (C=O) groups is 2. The topological polar surface area (TPSA) is 69.6 Å². The molecule has 106 valence electrons. The normalized spacial score (nSPS) is 20.9. The molecule has 3 rings (SSSR count). The maximum absolute atomic E-state index is 11.6. The number of fused-ring (bicyclic) bond motifs is 1. The molecule has 0 spiro atoms. The summed E-state index contributed by atoms with van der Waals surface area (Å²) in [7, 11) is 0. The molecule has 0 atom stereocenters. The second kappa shape index (κ2) is 4.46. The lowest BCUT2D eigenvalue weighted by Crippen LogP contribution is -2.42. The molecule has 2 aliphatic heterocycles. The van der Waals surface area contributed by atoms with Gasteiger partial charge in [0.1, 0.15) is 0 Å². The summed E-state index contributed by atoms with van der Waals surface area (Å²) in [5.74, 6) is -1.16. The summed E-state index contributed by atoms with van der Waals surface area (Å²) >= 11 is 6.23. The maximum atomic E-state index is 11.6. The van der Waals surface area contributed by atoms with E-state index in [2.05, 4.69) is 10.2 Å². The monoisotopic (exact) mass is 294 g/mol. The number of hydrogen-bond acceptors (Lipinski definition) is 4. The van der Waals surface area contributed by atoms with Gasteiger partial charge < -0.3 is 15.3 Å². The summed E-state index contributed by atoms with van der Waals surface area (Å²) in [6.45, 7) is 3.20. The molecule has 0 aromatic heterocycles. The molecule has 1 amide bonds. The predicted molar refractivity (Wildman–Crippen MR) is 76.5 cm³/mol. The molecular weight excluding hydrogens is 280 g/mol. The van der Waals surface area contributed by atoms with Gasteiger partial charge in [-0.1, -0.05) is 11.6 Å². The summed E-state index contributed by atoms with van der Waals surface area (Å²) in [6, 6.07) is 3.28. The lowest BCUT2D eigenvalue weighted by atomic mass is 9.93. The van der Waals surface area contributed by atoms with Gasteiger partial charge in [0.15, 0.2) is 0 Å². The molecule has 0 saturated carbocycles. The molecule has 20 heavy (non-hydrogen) atoms. The first-order chi connectivity index (χ1) is 9.37. The first-order valence-corrected chi connectivity index (χ1v) is 6.92. The van der Waals surface area contributed by atoms with E-state index in [9.17, 15) is 14.7 Å². The largest absolute Gasteiger partial charge is 0.390 e. The van der Waals surface area contributed by atoms with Crippen molar-refractivity contribution in [2.75, 3.05) is 23.3 Å². The Bertz CT molecular complexity index is 603. The summed E-state index contributed by atoms with van der Waals surface area (Å²) < 4.78 is 0. The van der Waals surface area contributed by atoms with Crippen molar-refractivity contribution in [3.05, 3.63) is 22.7 Å². The summed E-state index contributed by atoms with van der Waals surface area (Å²) in [5, 5.41) is 13.0. The summed E-state index contributed by atoms with van der Waals surface area (Å²) in [6.07, 6.45) is 1.32. The van der Waals surface area contributed by atoms with Crippen LogP contribution in [0.2, 0.25) is 5.02 Å². The standard InChI is InChI=1S/C14H15ClN2O3/c1-14(20)2-4-17(5-3-14)11-7-10-8(6-9(11)15)12(18)13(19)16-10/h6-7,20H,2-5H2,1H3,(H,16,18,19). The lowest BCUT2D eigenvalue weighted by Gasteiger charge is -2.37. The summed E-state index contributed by atoms with van der Waals surface area (Å²) in [4.78, 5) is 25.0. The van der Waals surface area contributed by atoms with Crippen molar-refractivity contribution in [2.24, 2.45) is 0 Å². The predicted octanol–water partition coefficient (Wildman–Crippen LogP) is 1.83. The number of piperidine rings is 1. The second-order valence-corrected chi connectivity index (χ2v) is 6.02. The minimum absolute atomic E-state index is 0.327. The third kappa shape index (κ3) is 2.17. The molecule has 1 fully saturated rings. The van der Waals surface area contributed by atoms with Gasteiger partial charge in [-0.2, -0.15) is 0 Å². The lowest BCUT2D eigenvalue weighted by molar-refractivity contribution is -0.112. The molecule has 1 aromatic rings. The number of amides is 1. The number of carbonyl (C=O) groups excluding carboxylic acids is 2. The Balaban J connectivity index is 1.91. The minimum Gasteiger partial charge on any atom is -0.390 e. The van der Waals surface area contributed by atoms with Gasteiger partial charge in [-0.25, -0.2) is 0 Å². The first-order valence-electron chi connectivity index (χ1n) is 6.54. The Morgan fingerprint density at radius 3 is 2.60 bits per heavy atom. The zero-order valence-corrected chi connectivity index (χ0v) is 11.8. The van der Waals surface area contributed by atoms with Crippen molar-refractivity contribution in [3.63, 3.8) is 0 Å². The number of hydrogen-bond donors (Lipinski definition) is 2. The fourth-order valence-corrected chi connectivity index (χ4v) is 2.91. The van der Waals surface area contributed by atoms with E-state index in [0.29, 0.717) is 42.2 Å². The number of nitrogens with one attached hydrogen (secondary N) is 1. The van der Waals surface area contributed by atoms with Crippen LogP contribution in [0, 0.1) is 0 Å². The van der Waals surface area contributed by atoms with Crippen LogP contribution in [0.5, 0.6) is 0 Å². The van der Waals surface area contributed by atoms with Gasteiger partial charge in [-0.15, -0.1) is 0 Å². The maximum Gasteiger partial charge on any atom is 0.296 e. The Morgan fingerprint density at radius 2 is 1.95 bits per heavy atom. The number of halogens is 1. The van der Waals surface area contributed by atoms with E-state index in [0.717, 1.165) is 5.69 Å². The number of Topliss-reactive ketones (excluding diaryl/α,β-unsaturated/α-hetero) is 1. The number of benzene rings is 1. The van der Waals surface area contributed by atoms with E-state index in [1.165, 1.54) is 0 Å². The third-order valence-corrected chi connectivity index (χ3v) is 4.27. The molecule has 0 bridgehead atoms. The van der Waals surface area contributed by atoms with Crippen molar-refractivity contribution in [3.8, 4) is 0 Å². The van der Waals surface area contributed by atoms with Crippen molar-refractivity contribution in [1.29, 1.82) is 0 Å². The zero-order chi connectivity index (χ0) is 14.5. The van der Waals surface area contributed by atoms with Crippen molar-refractivity contribution in [1.82, 2.24) is 0 Å². The van der Waals surface area contributed by atoms with E-state index in [-0.39, 0.29) is 0 Å². The highest BCUT2D eigenvalue weighted by Crippen LogP contribution is 2.37. The van der Waals surface area contributed by atoms with E-state index in [1.807, 2.05) is 6.92 Å². The molecule has 6 heteroatoms. The zero-order valence-electron chi connectivity index (χ0n) is 11.1. The van der Waals surface area contributed by atoms with Crippen LogP contribution in [0.1, 0.15) is 30.1 Å². The number of nitrogens with zero attached hydrogens (tertiary/aromatic N) is 1. The van der Waals surface area contributed by atoms with Gasteiger partial charge in [0.2, 0.25) is 0 Å². The van der Waals surface area contributed by atoms with E-state index >= 15 is 0 Å². The van der Waals surface area contributed by atoms with Crippen LogP contribution in [0.15, 0.2) is 12.1 Å². The molecule has 1 aromatic carbocycles. The minimum atomic E-state index is -0.635. The quantitative estimate of drug-likeness (QED) is 0.775. The van der Waals surface area contributed by atoms with Gasteiger partial charge in [0, 0.05) is 13.1 Å². The molecular formula is C14H15ClN2O3. The van der Waals surface area contributed by atoms with Crippen LogP contribution in [0.3, 0.4) is 0 Å². The smallest absolute Gasteiger partial charge is 0.296 e. The number of ketones is 1. The van der Waals surface area contributed by atoms with Crippen LogP contribution in [0.25, 0.3) is 0 Å². The SMILES string of the molecule is CC1(O)CCN(c2cc3c(cc2Cl)C(=O)C(=O)N3)CC1. The van der Waals surface area contributed by atoms with Crippen molar-refractivity contribution in [2.45, 2.75) is 25.4 Å². The number of rotatable bonds is 1. The second-order valence-electron chi connectivity index (χ2n) is 5.62. The molecule has 2 N–H and O–H groups in total. The van der Waals surface area contributed by atoms with Gasteiger partial charge in [0.05, 0.1) is 27.6 Å². The highest BCUT2D eigenvalue weighted by molar-refractivity contribution is 6.52. The van der Waals surface area contributed by atoms with Crippen LogP contribution >= 0.6 is 11.6 Å². The van der Waals surface area contributed by atoms with Crippen molar-refractivity contribution >= 4 is 34.7 Å². The van der Waals surface area contributed by atoms with E-state index < -0.39 is 17.3 Å². The fourth-order valence-electron chi connectivity index (χ4n) is 2.63. The van der Waals surface area contributed by atoms with Crippen LogP contribution < -0.4 is 10.2 Å². The van der Waals surface area contributed by atoms with Crippen LogP contribution in [0.4, 0.5) is 11.4 Å². The number of anilines is 2. The van der Waals surface area contributed by atoms with Gasteiger partial charge in [-0.3, -0.25) is 9.59 Å². The highest BCUT2D eigenvalue weighted by atomic mass is 35.5. The molecule has 2 heterocycles. The Labute approximate surface area is 121 Å². The average Bonchev–Trinajstić information content (AvgIpc) is 2.65. The number of aliphatic hydroxyl groups is 1. The molecule has 2 aliphatic rings.